The van der Waals surface area contributed by atoms with Crippen LogP contribution in [0.1, 0.15) is 72.6 Å². The molecule has 0 spiro atoms. The van der Waals surface area contributed by atoms with Crippen molar-refractivity contribution in [2.45, 2.75) is 90.8 Å². The number of nitrogens with zero attached hydrogens (tertiary/aromatic N) is 1. The summed E-state index contributed by atoms with van der Waals surface area (Å²) in [5.41, 5.74) is 0. The van der Waals surface area contributed by atoms with Gasteiger partial charge < -0.3 is 5.32 Å². The van der Waals surface area contributed by atoms with Crippen molar-refractivity contribution in [3.05, 3.63) is 0 Å². The minimum atomic E-state index is 0.734. The summed E-state index contributed by atoms with van der Waals surface area (Å²) in [4.78, 5) is 2.84. The van der Waals surface area contributed by atoms with E-state index in [1.807, 2.05) is 0 Å². The standard InChI is InChI=1S/C18H36N2/c1-5-14(3)15(4)20-13-18(19-12-17(20)6-2)16-10-8-7-9-11-16/h14-19H,5-13H2,1-4H3. The van der Waals surface area contributed by atoms with E-state index < -0.39 is 0 Å². The summed E-state index contributed by atoms with van der Waals surface area (Å²) in [6, 6.07) is 2.24. The first-order chi connectivity index (χ1) is 9.67. The van der Waals surface area contributed by atoms with Crippen LogP contribution in [0.3, 0.4) is 0 Å². The molecule has 0 bridgehead atoms. The average molecular weight is 280 g/mol. The van der Waals surface area contributed by atoms with Gasteiger partial charge in [0, 0.05) is 31.2 Å². The van der Waals surface area contributed by atoms with Crippen molar-refractivity contribution in [3.8, 4) is 0 Å². The lowest BCUT2D eigenvalue weighted by atomic mass is 9.82. The largest absolute Gasteiger partial charge is 0.311 e. The molecule has 4 atom stereocenters. The van der Waals surface area contributed by atoms with E-state index in [2.05, 4.69) is 37.9 Å². The summed E-state index contributed by atoms with van der Waals surface area (Å²) in [5, 5.41) is 3.89. The van der Waals surface area contributed by atoms with Crippen molar-refractivity contribution < 1.29 is 0 Å². The van der Waals surface area contributed by atoms with Gasteiger partial charge in [-0.05, 0) is 38.0 Å². The van der Waals surface area contributed by atoms with Gasteiger partial charge in [0.15, 0.2) is 0 Å². The predicted octanol–water partition coefficient (Wildman–Crippen LogP) is 4.05. The van der Waals surface area contributed by atoms with E-state index in [4.69, 9.17) is 0 Å². The van der Waals surface area contributed by atoms with Crippen LogP contribution in [-0.4, -0.2) is 36.1 Å². The molecule has 1 saturated carbocycles. The fourth-order valence-corrected chi connectivity index (χ4v) is 4.24. The molecule has 1 heterocycles. The lowest BCUT2D eigenvalue weighted by Crippen LogP contribution is -2.61. The molecule has 118 valence electrons. The molecule has 2 fully saturated rings. The smallest absolute Gasteiger partial charge is 0.0224 e. The summed E-state index contributed by atoms with van der Waals surface area (Å²) in [6.07, 6.45) is 9.89. The fourth-order valence-electron chi connectivity index (χ4n) is 4.24. The summed E-state index contributed by atoms with van der Waals surface area (Å²) in [5.74, 6) is 1.75. The van der Waals surface area contributed by atoms with E-state index in [1.54, 1.807) is 0 Å². The molecule has 4 unspecified atom stereocenters. The minimum Gasteiger partial charge on any atom is -0.311 e. The van der Waals surface area contributed by atoms with Crippen LogP contribution >= 0.6 is 0 Å². The monoisotopic (exact) mass is 280 g/mol. The fraction of sp³-hybridized carbons (Fsp3) is 1.00. The van der Waals surface area contributed by atoms with E-state index >= 15 is 0 Å². The normalized spacial score (nSPS) is 33.0. The molecule has 0 aromatic rings. The minimum absolute atomic E-state index is 0.734. The van der Waals surface area contributed by atoms with Crippen molar-refractivity contribution in [3.63, 3.8) is 0 Å². The molecular formula is C18H36N2. The van der Waals surface area contributed by atoms with E-state index in [1.165, 1.54) is 58.0 Å². The van der Waals surface area contributed by atoms with Gasteiger partial charge in [-0.1, -0.05) is 46.5 Å². The van der Waals surface area contributed by atoms with Crippen molar-refractivity contribution in [1.82, 2.24) is 10.2 Å². The van der Waals surface area contributed by atoms with Gasteiger partial charge in [-0.2, -0.15) is 0 Å². The van der Waals surface area contributed by atoms with E-state index in [0.29, 0.717) is 0 Å². The van der Waals surface area contributed by atoms with Gasteiger partial charge in [0.05, 0.1) is 0 Å². The maximum absolute atomic E-state index is 3.89. The second-order valence-electron chi connectivity index (χ2n) is 7.30. The number of hydrogen-bond donors (Lipinski definition) is 1. The Balaban J connectivity index is 1.98. The van der Waals surface area contributed by atoms with Gasteiger partial charge in [0.25, 0.3) is 0 Å². The van der Waals surface area contributed by atoms with Crippen LogP contribution < -0.4 is 5.32 Å². The summed E-state index contributed by atoms with van der Waals surface area (Å²) < 4.78 is 0. The second kappa shape index (κ2) is 7.79. The Kier molecular flexibility index (Phi) is 6.35. The number of nitrogens with one attached hydrogen (secondary N) is 1. The van der Waals surface area contributed by atoms with Gasteiger partial charge in [0.2, 0.25) is 0 Å². The van der Waals surface area contributed by atoms with Gasteiger partial charge in [0.1, 0.15) is 0 Å². The third-order valence-electron chi connectivity index (χ3n) is 6.17. The predicted molar refractivity (Wildman–Crippen MR) is 88.1 cm³/mol. The summed E-state index contributed by atoms with van der Waals surface area (Å²) in [6.45, 7) is 12.1. The zero-order valence-corrected chi connectivity index (χ0v) is 14.2. The zero-order valence-electron chi connectivity index (χ0n) is 14.2. The van der Waals surface area contributed by atoms with Gasteiger partial charge >= 0.3 is 0 Å². The Labute approximate surface area is 126 Å². The van der Waals surface area contributed by atoms with Gasteiger partial charge in [-0.15, -0.1) is 0 Å². The quantitative estimate of drug-likeness (QED) is 0.817. The van der Waals surface area contributed by atoms with E-state index in [0.717, 1.165) is 30.0 Å². The second-order valence-corrected chi connectivity index (χ2v) is 7.30. The van der Waals surface area contributed by atoms with Crippen LogP contribution in [-0.2, 0) is 0 Å². The molecule has 1 N–H and O–H groups in total. The van der Waals surface area contributed by atoms with Crippen LogP contribution in [0.25, 0.3) is 0 Å². The van der Waals surface area contributed by atoms with Crippen LogP contribution in [0.2, 0.25) is 0 Å². The first kappa shape index (κ1) is 16.3. The Morgan fingerprint density at radius 2 is 1.80 bits per heavy atom. The number of hydrogen-bond acceptors (Lipinski definition) is 2. The lowest BCUT2D eigenvalue weighted by Gasteiger charge is -2.47. The molecule has 20 heavy (non-hydrogen) atoms. The van der Waals surface area contributed by atoms with Crippen molar-refractivity contribution >= 4 is 0 Å². The van der Waals surface area contributed by atoms with Crippen LogP contribution in [0.4, 0.5) is 0 Å². The molecule has 0 aromatic heterocycles. The summed E-state index contributed by atoms with van der Waals surface area (Å²) >= 11 is 0. The molecule has 2 rings (SSSR count). The molecule has 2 nitrogen and oxygen atoms in total. The third kappa shape index (κ3) is 3.76. The van der Waals surface area contributed by atoms with Gasteiger partial charge in [-0.25, -0.2) is 0 Å². The molecule has 1 aliphatic carbocycles. The molecule has 1 saturated heterocycles. The van der Waals surface area contributed by atoms with Crippen LogP contribution in [0, 0.1) is 11.8 Å². The van der Waals surface area contributed by atoms with Crippen molar-refractivity contribution in [1.29, 1.82) is 0 Å². The van der Waals surface area contributed by atoms with E-state index in [9.17, 15) is 0 Å². The highest BCUT2D eigenvalue weighted by atomic mass is 15.3. The molecule has 2 heteroatoms. The molecule has 1 aliphatic heterocycles. The topological polar surface area (TPSA) is 15.3 Å². The molecule has 2 aliphatic rings. The third-order valence-corrected chi connectivity index (χ3v) is 6.17. The SMILES string of the molecule is CCC(C)C(C)N1CC(C2CCCCC2)NCC1CC. The summed E-state index contributed by atoms with van der Waals surface area (Å²) in [7, 11) is 0. The maximum Gasteiger partial charge on any atom is 0.0224 e. The number of rotatable bonds is 5. The zero-order chi connectivity index (χ0) is 14.5. The Hall–Kier alpha value is -0.0800. The molecular weight excluding hydrogens is 244 g/mol. The average Bonchev–Trinajstić information content (AvgIpc) is 2.53. The first-order valence-electron chi connectivity index (χ1n) is 9.16. The van der Waals surface area contributed by atoms with Crippen molar-refractivity contribution in [2.24, 2.45) is 11.8 Å². The highest BCUT2D eigenvalue weighted by Crippen LogP contribution is 2.30. The van der Waals surface area contributed by atoms with Gasteiger partial charge in [-0.3, -0.25) is 4.90 Å². The van der Waals surface area contributed by atoms with Crippen molar-refractivity contribution in [2.75, 3.05) is 13.1 Å². The highest BCUT2D eigenvalue weighted by molar-refractivity contribution is 4.92. The van der Waals surface area contributed by atoms with Crippen LogP contribution in [0.5, 0.6) is 0 Å². The molecule has 0 radical (unpaired) electrons. The molecule has 0 amide bonds. The molecule has 0 aromatic carbocycles. The van der Waals surface area contributed by atoms with Crippen LogP contribution in [0.15, 0.2) is 0 Å². The Bertz CT molecular complexity index is 273. The maximum atomic E-state index is 3.89. The number of piperazine rings is 1. The Morgan fingerprint density at radius 3 is 2.40 bits per heavy atom. The van der Waals surface area contributed by atoms with E-state index in [-0.39, 0.29) is 0 Å². The lowest BCUT2D eigenvalue weighted by molar-refractivity contribution is 0.0412. The first-order valence-corrected chi connectivity index (χ1v) is 9.16. The Morgan fingerprint density at radius 1 is 1.10 bits per heavy atom. The highest BCUT2D eigenvalue weighted by Gasteiger charge is 2.35.